The molecular weight excluding hydrogens is 352 g/mol. The molecule has 28 heavy (non-hydrogen) atoms. The van der Waals surface area contributed by atoms with Gasteiger partial charge in [-0.25, -0.2) is 9.97 Å². The number of nitrogens with one attached hydrogen (secondary N) is 1. The summed E-state index contributed by atoms with van der Waals surface area (Å²) in [4.78, 5) is 21.9. The lowest BCUT2D eigenvalue weighted by molar-refractivity contribution is -0.0772. The molecule has 2 aromatic rings. The highest BCUT2D eigenvalue weighted by molar-refractivity contribution is 5.98. The van der Waals surface area contributed by atoms with Gasteiger partial charge in [-0.3, -0.25) is 9.20 Å². The Morgan fingerprint density at radius 2 is 2.04 bits per heavy atom. The fraction of sp³-hybridized carbons (Fsp3) is 0.682. The van der Waals surface area contributed by atoms with Crippen molar-refractivity contribution in [1.29, 1.82) is 0 Å². The first-order chi connectivity index (χ1) is 13.6. The zero-order valence-corrected chi connectivity index (χ0v) is 17.3. The van der Waals surface area contributed by atoms with Crippen LogP contribution in [-0.2, 0) is 4.74 Å². The third-order valence-corrected chi connectivity index (χ3v) is 6.43. The van der Waals surface area contributed by atoms with Crippen LogP contribution in [0, 0.1) is 25.7 Å². The van der Waals surface area contributed by atoms with Gasteiger partial charge in [-0.2, -0.15) is 0 Å². The summed E-state index contributed by atoms with van der Waals surface area (Å²) in [6.07, 6.45) is 10.1. The van der Waals surface area contributed by atoms with Crippen molar-refractivity contribution in [2.45, 2.75) is 77.9 Å². The minimum absolute atomic E-state index is 0.103. The van der Waals surface area contributed by atoms with Gasteiger partial charge in [0.05, 0.1) is 6.10 Å². The lowest BCUT2D eigenvalue weighted by Gasteiger charge is -2.45. The Hall–Kier alpha value is -1.95. The molecule has 0 radical (unpaired) electrons. The number of rotatable bonds is 6. The minimum atomic E-state index is -0.103. The van der Waals surface area contributed by atoms with E-state index in [0.29, 0.717) is 29.3 Å². The van der Waals surface area contributed by atoms with Gasteiger partial charge in [0.2, 0.25) is 0 Å². The predicted octanol–water partition coefficient (Wildman–Crippen LogP) is 3.84. The molecule has 6 nitrogen and oxygen atoms in total. The summed E-state index contributed by atoms with van der Waals surface area (Å²) in [7, 11) is 0. The van der Waals surface area contributed by atoms with Crippen LogP contribution in [-0.4, -0.2) is 39.0 Å². The van der Waals surface area contributed by atoms with E-state index < -0.39 is 0 Å². The van der Waals surface area contributed by atoms with Crippen LogP contribution in [0.25, 0.3) is 5.65 Å². The normalized spacial score (nSPS) is 27.1. The van der Waals surface area contributed by atoms with Gasteiger partial charge in [-0.05, 0) is 63.9 Å². The molecule has 152 valence electrons. The first kappa shape index (κ1) is 19.4. The maximum Gasteiger partial charge on any atom is 0.274 e. The number of nitrogens with zero attached hydrogens (tertiary/aromatic N) is 3. The fourth-order valence-electron chi connectivity index (χ4n) is 5.13. The summed E-state index contributed by atoms with van der Waals surface area (Å²) in [5.41, 5.74) is 3.01. The predicted molar refractivity (Wildman–Crippen MR) is 108 cm³/mol. The van der Waals surface area contributed by atoms with E-state index in [2.05, 4.69) is 22.2 Å². The van der Waals surface area contributed by atoms with Crippen LogP contribution in [0.3, 0.4) is 0 Å². The molecule has 4 rings (SSSR count). The van der Waals surface area contributed by atoms with Gasteiger partial charge < -0.3 is 10.1 Å². The highest BCUT2D eigenvalue weighted by Gasteiger charge is 2.41. The summed E-state index contributed by atoms with van der Waals surface area (Å²) < 4.78 is 8.15. The maximum atomic E-state index is 13.0. The second-order valence-electron chi connectivity index (χ2n) is 8.61. The molecule has 0 saturated heterocycles. The molecule has 2 fully saturated rings. The maximum absolute atomic E-state index is 13.0. The van der Waals surface area contributed by atoms with Crippen molar-refractivity contribution in [3.63, 3.8) is 0 Å². The fourth-order valence-corrected chi connectivity index (χ4v) is 5.13. The number of amides is 1. The SMILES string of the molecule is CCCCOC1[C@@H]2CCC[C@H]1CC(NC(=O)c1ncn3c(C)cc(C)nc13)C2. The number of imidazole rings is 1. The molecule has 1 amide bonds. The Balaban J connectivity index is 1.45. The number of unbranched alkanes of at least 4 members (excludes halogenated alkanes) is 1. The number of fused-ring (bicyclic) bond motifs is 3. The van der Waals surface area contributed by atoms with Crippen molar-refractivity contribution in [3.8, 4) is 0 Å². The molecule has 2 aromatic heterocycles. The van der Waals surface area contributed by atoms with Crippen molar-refractivity contribution in [2.24, 2.45) is 11.8 Å². The summed E-state index contributed by atoms with van der Waals surface area (Å²) in [6.45, 7) is 7.03. The average molecular weight is 385 g/mol. The van der Waals surface area contributed by atoms with Crippen molar-refractivity contribution in [3.05, 3.63) is 29.5 Å². The van der Waals surface area contributed by atoms with Crippen molar-refractivity contribution in [2.75, 3.05) is 6.61 Å². The molecule has 2 aliphatic rings. The molecule has 2 saturated carbocycles. The summed E-state index contributed by atoms with van der Waals surface area (Å²) >= 11 is 0. The van der Waals surface area contributed by atoms with E-state index in [1.54, 1.807) is 6.33 Å². The van der Waals surface area contributed by atoms with E-state index in [9.17, 15) is 4.79 Å². The lowest BCUT2D eigenvalue weighted by Crippen LogP contribution is -2.49. The van der Waals surface area contributed by atoms with E-state index in [-0.39, 0.29) is 11.9 Å². The van der Waals surface area contributed by atoms with Gasteiger partial charge in [0.25, 0.3) is 5.91 Å². The first-order valence-electron chi connectivity index (χ1n) is 10.8. The van der Waals surface area contributed by atoms with Gasteiger partial charge in [0.1, 0.15) is 6.33 Å². The monoisotopic (exact) mass is 384 g/mol. The van der Waals surface area contributed by atoms with Crippen LogP contribution in [0.4, 0.5) is 0 Å². The number of carbonyl (C=O) groups is 1. The first-order valence-corrected chi connectivity index (χ1v) is 10.8. The zero-order chi connectivity index (χ0) is 19.7. The molecule has 2 aliphatic carbocycles. The topological polar surface area (TPSA) is 68.5 Å². The van der Waals surface area contributed by atoms with Crippen LogP contribution in [0.2, 0.25) is 0 Å². The molecule has 4 atom stereocenters. The van der Waals surface area contributed by atoms with E-state index >= 15 is 0 Å². The standard InChI is InChI=1S/C22H32N4O2/c1-4-5-9-28-20-16-7-6-8-17(20)12-18(11-16)25-22(27)19-21-24-14(2)10-15(3)26(21)13-23-19/h10,13,16-18,20H,4-9,11-12H2,1-3H3,(H,25,27)/t16-,17+,18?,20?. The molecule has 2 heterocycles. The smallest absolute Gasteiger partial charge is 0.274 e. The third kappa shape index (κ3) is 3.79. The van der Waals surface area contributed by atoms with Crippen LogP contribution in [0.5, 0.6) is 0 Å². The molecule has 1 N–H and O–H groups in total. The number of hydrogen-bond donors (Lipinski definition) is 1. The van der Waals surface area contributed by atoms with Gasteiger partial charge in [-0.15, -0.1) is 0 Å². The Kier molecular flexibility index (Phi) is 5.67. The van der Waals surface area contributed by atoms with Crippen LogP contribution in [0.15, 0.2) is 12.4 Å². The van der Waals surface area contributed by atoms with Gasteiger partial charge in [0, 0.05) is 24.0 Å². The average Bonchev–Trinajstić information content (AvgIpc) is 3.06. The molecule has 0 aliphatic heterocycles. The molecule has 6 heteroatoms. The van der Waals surface area contributed by atoms with E-state index in [1.807, 2.05) is 24.3 Å². The molecule has 0 aromatic carbocycles. The van der Waals surface area contributed by atoms with Crippen LogP contribution < -0.4 is 5.32 Å². The van der Waals surface area contributed by atoms with E-state index in [0.717, 1.165) is 37.3 Å². The summed E-state index contributed by atoms with van der Waals surface area (Å²) in [5, 5.41) is 3.26. The van der Waals surface area contributed by atoms with Crippen LogP contribution in [0.1, 0.15) is 73.7 Å². The highest BCUT2D eigenvalue weighted by Crippen LogP contribution is 2.42. The number of ether oxygens (including phenoxy) is 1. The van der Waals surface area contributed by atoms with Gasteiger partial charge in [0.15, 0.2) is 11.3 Å². The minimum Gasteiger partial charge on any atom is -0.378 e. The van der Waals surface area contributed by atoms with Crippen molar-refractivity contribution < 1.29 is 9.53 Å². The number of aromatic nitrogens is 3. The lowest BCUT2D eigenvalue weighted by atomic mass is 9.68. The van der Waals surface area contributed by atoms with Crippen molar-refractivity contribution in [1.82, 2.24) is 19.7 Å². The Labute approximate surface area is 167 Å². The third-order valence-electron chi connectivity index (χ3n) is 6.43. The van der Waals surface area contributed by atoms with Crippen molar-refractivity contribution >= 4 is 11.6 Å². The number of hydrogen-bond acceptors (Lipinski definition) is 4. The van der Waals surface area contributed by atoms with Crippen LogP contribution >= 0.6 is 0 Å². The molecular formula is C22H32N4O2. The van der Waals surface area contributed by atoms with Gasteiger partial charge >= 0.3 is 0 Å². The summed E-state index contributed by atoms with van der Waals surface area (Å²) in [6, 6.07) is 2.20. The second kappa shape index (κ2) is 8.19. The number of aryl methyl sites for hydroxylation is 2. The quantitative estimate of drug-likeness (QED) is 0.769. The largest absolute Gasteiger partial charge is 0.378 e. The van der Waals surface area contributed by atoms with E-state index in [4.69, 9.17) is 4.74 Å². The molecule has 2 bridgehead atoms. The zero-order valence-electron chi connectivity index (χ0n) is 17.3. The summed E-state index contributed by atoms with van der Waals surface area (Å²) in [5.74, 6) is 1.03. The van der Waals surface area contributed by atoms with E-state index in [1.165, 1.54) is 25.7 Å². The highest BCUT2D eigenvalue weighted by atomic mass is 16.5. The second-order valence-corrected chi connectivity index (χ2v) is 8.61. The molecule has 0 spiro atoms. The van der Waals surface area contributed by atoms with Gasteiger partial charge in [-0.1, -0.05) is 19.8 Å². The number of carbonyl (C=O) groups excluding carboxylic acids is 1. The Bertz CT molecular complexity index is 832. The molecule has 2 unspecified atom stereocenters. The Morgan fingerprint density at radius 1 is 1.29 bits per heavy atom. The Morgan fingerprint density at radius 3 is 2.75 bits per heavy atom.